The van der Waals surface area contributed by atoms with Crippen LogP contribution in [0.4, 0.5) is 17.6 Å². The molecule has 1 aromatic rings. The molecule has 0 aliphatic carbocycles. The van der Waals surface area contributed by atoms with Crippen molar-refractivity contribution in [3.05, 3.63) is 35.1 Å². The molecule has 1 amide bonds. The Morgan fingerprint density at radius 1 is 1.45 bits per heavy atom. The number of benzene rings is 1. The minimum Gasteiger partial charge on any atom is -0.348 e. The Labute approximate surface area is 114 Å². The Morgan fingerprint density at radius 3 is 2.60 bits per heavy atom. The normalized spacial score (nSPS) is 12.6. The number of hydrogen-bond donors (Lipinski definition) is 1. The molecule has 1 unspecified atom stereocenters. The van der Waals surface area contributed by atoms with Gasteiger partial charge in [0.25, 0.3) is 5.91 Å². The number of carbonyl (C=O) groups is 1. The highest BCUT2D eigenvalue weighted by Gasteiger charge is 2.35. The van der Waals surface area contributed by atoms with Gasteiger partial charge >= 0.3 is 6.18 Å². The highest BCUT2D eigenvalue weighted by Crippen LogP contribution is 2.32. The molecule has 0 radical (unpaired) electrons. The first-order valence-electron chi connectivity index (χ1n) is 5.91. The first-order valence-corrected chi connectivity index (χ1v) is 5.91. The van der Waals surface area contributed by atoms with Crippen molar-refractivity contribution in [1.29, 1.82) is 0 Å². The lowest BCUT2D eigenvalue weighted by molar-refractivity contribution is -0.140. The van der Waals surface area contributed by atoms with Crippen molar-refractivity contribution in [1.82, 2.24) is 5.32 Å². The van der Waals surface area contributed by atoms with E-state index < -0.39 is 35.1 Å². The third kappa shape index (κ3) is 3.73. The summed E-state index contributed by atoms with van der Waals surface area (Å²) in [7, 11) is 0. The lowest BCUT2D eigenvalue weighted by Gasteiger charge is -2.16. The van der Waals surface area contributed by atoms with Crippen molar-refractivity contribution < 1.29 is 22.4 Å². The summed E-state index contributed by atoms with van der Waals surface area (Å²) in [6.45, 7) is 1.75. The van der Waals surface area contributed by atoms with E-state index in [0.717, 1.165) is 12.1 Å². The molecular weight excluding hydrogens is 274 g/mol. The van der Waals surface area contributed by atoms with Gasteiger partial charge in [-0.3, -0.25) is 4.79 Å². The molecule has 0 saturated carbocycles. The third-order valence-corrected chi connectivity index (χ3v) is 2.74. The van der Waals surface area contributed by atoms with Crippen LogP contribution in [0.15, 0.2) is 18.2 Å². The van der Waals surface area contributed by atoms with E-state index in [1.54, 1.807) is 6.92 Å². The number of carbonyl (C=O) groups excluding carboxylic acids is 1. The molecule has 1 atom stereocenters. The van der Waals surface area contributed by atoms with Gasteiger partial charge in [-0.25, -0.2) is 4.39 Å². The Hall–Kier alpha value is -2.03. The number of hydrogen-bond acceptors (Lipinski definition) is 1. The monoisotopic (exact) mass is 287 g/mol. The lowest BCUT2D eigenvalue weighted by Crippen LogP contribution is -2.34. The van der Waals surface area contributed by atoms with E-state index in [1.165, 1.54) is 0 Å². The van der Waals surface area contributed by atoms with Gasteiger partial charge in [0.2, 0.25) is 0 Å². The SMILES string of the molecule is C#CCC(CC)NC(=O)c1cccc(C(F)(F)F)c1F. The molecule has 0 fully saturated rings. The zero-order valence-electron chi connectivity index (χ0n) is 10.7. The predicted molar refractivity (Wildman–Crippen MR) is 66.4 cm³/mol. The highest BCUT2D eigenvalue weighted by molar-refractivity contribution is 5.94. The van der Waals surface area contributed by atoms with E-state index in [-0.39, 0.29) is 6.42 Å². The second-order valence-electron chi connectivity index (χ2n) is 4.15. The Morgan fingerprint density at radius 2 is 2.10 bits per heavy atom. The number of terminal acetylenes is 1. The molecule has 108 valence electrons. The Kier molecular flexibility index (Phi) is 5.14. The van der Waals surface area contributed by atoms with Crippen molar-refractivity contribution in [2.45, 2.75) is 32.0 Å². The highest BCUT2D eigenvalue weighted by atomic mass is 19.4. The summed E-state index contributed by atoms with van der Waals surface area (Å²) in [6.07, 6.45) is 0.984. The third-order valence-electron chi connectivity index (χ3n) is 2.74. The number of alkyl halides is 3. The molecule has 1 aromatic carbocycles. The topological polar surface area (TPSA) is 29.1 Å². The van der Waals surface area contributed by atoms with E-state index in [2.05, 4.69) is 11.2 Å². The number of rotatable bonds is 4. The fraction of sp³-hybridized carbons (Fsp3) is 0.357. The summed E-state index contributed by atoms with van der Waals surface area (Å²) >= 11 is 0. The first kappa shape index (κ1) is 16.0. The van der Waals surface area contributed by atoms with E-state index in [0.29, 0.717) is 12.5 Å². The summed E-state index contributed by atoms with van der Waals surface area (Å²) < 4.78 is 51.4. The minimum atomic E-state index is -4.84. The minimum absolute atomic E-state index is 0.225. The molecule has 0 saturated heterocycles. The summed E-state index contributed by atoms with van der Waals surface area (Å²) in [5.41, 5.74) is -2.11. The fourth-order valence-electron chi connectivity index (χ4n) is 1.63. The maximum atomic E-state index is 13.7. The molecule has 0 aromatic heterocycles. The zero-order valence-corrected chi connectivity index (χ0v) is 10.7. The predicted octanol–water partition coefficient (Wildman–Crippen LogP) is 3.38. The number of halogens is 4. The molecule has 6 heteroatoms. The van der Waals surface area contributed by atoms with Gasteiger partial charge in [0.05, 0.1) is 11.1 Å². The van der Waals surface area contributed by atoms with Crippen molar-refractivity contribution in [2.75, 3.05) is 0 Å². The molecule has 0 spiro atoms. The van der Waals surface area contributed by atoms with Crippen molar-refractivity contribution in [3.63, 3.8) is 0 Å². The summed E-state index contributed by atoms with van der Waals surface area (Å²) in [4.78, 5) is 11.8. The number of amides is 1. The molecule has 0 heterocycles. The molecule has 0 bridgehead atoms. The molecule has 2 nitrogen and oxygen atoms in total. The second-order valence-corrected chi connectivity index (χ2v) is 4.15. The van der Waals surface area contributed by atoms with Gasteiger partial charge in [-0.15, -0.1) is 12.3 Å². The van der Waals surface area contributed by atoms with Crippen LogP contribution >= 0.6 is 0 Å². The molecule has 20 heavy (non-hydrogen) atoms. The van der Waals surface area contributed by atoms with Gasteiger partial charge in [0.15, 0.2) is 0 Å². The van der Waals surface area contributed by atoms with E-state index >= 15 is 0 Å². The summed E-state index contributed by atoms with van der Waals surface area (Å²) in [5.74, 6) is -0.145. The van der Waals surface area contributed by atoms with E-state index in [9.17, 15) is 22.4 Å². The van der Waals surface area contributed by atoms with Crippen LogP contribution in [0, 0.1) is 18.2 Å². The Balaban J connectivity index is 3.03. The van der Waals surface area contributed by atoms with Gasteiger partial charge in [-0.1, -0.05) is 13.0 Å². The van der Waals surface area contributed by atoms with Crippen LogP contribution in [0.2, 0.25) is 0 Å². The number of nitrogens with one attached hydrogen (secondary N) is 1. The van der Waals surface area contributed by atoms with Crippen LogP contribution in [0.5, 0.6) is 0 Å². The van der Waals surface area contributed by atoms with Gasteiger partial charge in [0.1, 0.15) is 5.82 Å². The quantitative estimate of drug-likeness (QED) is 0.667. The average Bonchev–Trinajstić information content (AvgIpc) is 2.36. The van der Waals surface area contributed by atoms with Gasteiger partial charge in [-0.05, 0) is 18.6 Å². The van der Waals surface area contributed by atoms with Gasteiger partial charge in [0, 0.05) is 12.5 Å². The second kappa shape index (κ2) is 6.42. The molecular formula is C14H13F4NO. The van der Waals surface area contributed by atoms with Crippen LogP contribution in [-0.2, 0) is 6.18 Å². The van der Waals surface area contributed by atoms with Gasteiger partial charge < -0.3 is 5.32 Å². The van der Waals surface area contributed by atoms with Crippen LogP contribution in [0.25, 0.3) is 0 Å². The summed E-state index contributed by atoms with van der Waals surface area (Å²) in [6, 6.07) is 2.18. The summed E-state index contributed by atoms with van der Waals surface area (Å²) in [5, 5.41) is 2.41. The molecule has 0 aliphatic heterocycles. The van der Waals surface area contributed by atoms with Crippen molar-refractivity contribution in [3.8, 4) is 12.3 Å². The van der Waals surface area contributed by atoms with Crippen LogP contribution in [0.1, 0.15) is 35.7 Å². The van der Waals surface area contributed by atoms with Crippen molar-refractivity contribution in [2.24, 2.45) is 0 Å². The van der Waals surface area contributed by atoms with Gasteiger partial charge in [-0.2, -0.15) is 13.2 Å². The average molecular weight is 287 g/mol. The Bertz CT molecular complexity index is 531. The smallest absolute Gasteiger partial charge is 0.348 e. The van der Waals surface area contributed by atoms with E-state index in [1.807, 2.05) is 0 Å². The maximum absolute atomic E-state index is 13.7. The van der Waals surface area contributed by atoms with Crippen molar-refractivity contribution >= 4 is 5.91 Å². The first-order chi connectivity index (χ1) is 9.31. The van der Waals surface area contributed by atoms with Crippen LogP contribution in [-0.4, -0.2) is 11.9 Å². The zero-order chi connectivity index (χ0) is 15.3. The van der Waals surface area contributed by atoms with Crippen LogP contribution in [0.3, 0.4) is 0 Å². The molecule has 1 rings (SSSR count). The maximum Gasteiger partial charge on any atom is 0.419 e. The molecule has 1 N–H and O–H groups in total. The largest absolute Gasteiger partial charge is 0.419 e. The molecule has 0 aliphatic rings. The van der Waals surface area contributed by atoms with E-state index in [4.69, 9.17) is 6.42 Å². The standard InChI is InChI=1S/C14H13F4NO/c1-3-6-9(4-2)19-13(20)10-7-5-8-11(12(10)15)14(16,17)18/h1,5,7-9H,4,6H2,2H3,(H,19,20). The van der Waals surface area contributed by atoms with Crippen LogP contribution < -0.4 is 5.32 Å². The lowest BCUT2D eigenvalue weighted by atomic mass is 10.1. The fourth-order valence-corrected chi connectivity index (χ4v) is 1.63.